The fraction of sp³-hybridized carbons (Fsp3) is 0.643. The Morgan fingerprint density at radius 3 is 2.83 bits per heavy atom. The highest BCUT2D eigenvalue weighted by Gasteiger charge is 2.30. The Morgan fingerprint density at radius 2 is 2.22 bits per heavy atom. The third-order valence-corrected chi connectivity index (χ3v) is 4.76. The van der Waals surface area contributed by atoms with Gasteiger partial charge in [0.15, 0.2) is 0 Å². The lowest BCUT2D eigenvalue weighted by Gasteiger charge is -2.33. The van der Waals surface area contributed by atoms with E-state index in [2.05, 4.69) is 11.4 Å². The fourth-order valence-corrected chi connectivity index (χ4v) is 3.39. The van der Waals surface area contributed by atoms with Gasteiger partial charge in [-0.2, -0.15) is 0 Å². The van der Waals surface area contributed by atoms with Gasteiger partial charge in [0.05, 0.1) is 6.04 Å². The Labute approximate surface area is 113 Å². The highest BCUT2D eigenvalue weighted by atomic mass is 32.1. The van der Waals surface area contributed by atoms with Crippen LogP contribution in [0.2, 0.25) is 0 Å². The predicted molar refractivity (Wildman–Crippen MR) is 75.5 cm³/mol. The molecule has 2 rings (SSSR count). The number of carbonyl (C=O) groups is 1. The number of amides is 1. The Kier molecular flexibility index (Phi) is 4.40. The number of hydrogen-bond acceptors (Lipinski definition) is 3. The molecule has 3 N–H and O–H groups in total. The van der Waals surface area contributed by atoms with Crippen LogP contribution in [0.25, 0.3) is 0 Å². The molecule has 0 bridgehead atoms. The summed E-state index contributed by atoms with van der Waals surface area (Å²) >= 11 is 1.67. The van der Waals surface area contributed by atoms with E-state index in [1.54, 1.807) is 11.3 Å². The van der Waals surface area contributed by atoms with Crippen LogP contribution in [0.5, 0.6) is 0 Å². The molecule has 0 aliphatic heterocycles. The maximum atomic E-state index is 12.0. The third-order valence-electron chi connectivity index (χ3n) is 3.71. The largest absolute Gasteiger partial charge is 0.349 e. The molecular formula is C14H22N2OS. The normalized spacial score (nSPS) is 20.3. The Morgan fingerprint density at radius 1 is 1.50 bits per heavy atom. The fourth-order valence-electron chi connectivity index (χ4n) is 2.65. The molecule has 4 heteroatoms. The van der Waals surface area contributed by atoms with E-state index >= 15 is 0 Å². The lowest BCUT2D eigenvalue weighted by molar-refractivity contribution is -0.123. The molecule has 1 aliphatic rings. The van der Waals surface area contributed by atoms with Gasteiger partial charge >= 0.3 is 0 Å². The Bertz CT molecular complexity index is 383. The van der Waals surface area contributed by atoms with Crippen LogP contribution in [0, 0.1) is 0 Å². The van der Waals surface area contributed by atoms with E-state index < -0.39 is 0 Å². The molecule has 0 unspecified atom stereocenters. The maximum Gasteiger partial charge on any atom is 0.222 e. The van der Waals surface area contributed by atoms with Crippen molar-refractivity contribution >= 4 is 17.2 Å². The van der Waals surface area contributed by atoms with Crippen molar-refractivity contribution in [1.82, 2.24) is 5.32 Å². The van der Waals surface area contributed by atoms with Crippen molar-refractivity contribution in [3.05, 3.63) is 22.4 Å². The summed E-state index contributed by atoms with van der Waals surface area (Å²) in [5.74, 6) is 0.0836. The van der Waals surface area contributed by atoms with Gasteiger partial charge in [0.1, 0.15) is 0 Å². The molecule has 1 aromatic rings. The van der Waals surface area contributed by atoms with E-state index in [1.165, 1.54) is 11.3 Å². The maximum absolute atomic E-state index is 12.0. The van der Waals surface area contributed by atoms with Crippen LogP contribution in [0.4, 0.5) is 0 Å². The van der Waals surface area contributed by atoms with Crippen molar-refractivity contribution in [2.24, 2.45) is 5.73 Å². The molecule has 0 aromatic carbocycles. The first-order chi connectivity index (χ1) is 8.59. The number of carbonyl (C=O) groups excluding carboxylic acids is 1. The van der Waals surface area contributed by atoms with E-state index in [0.717, 1.165) is 25.7 Å². The van der Waals surface area contributed by atoms with Gasteiger partial charge in [0.25, 0.3) is 0 Å². The first kappa shape index (κ1) is 13.6. The molecule has 1 heterocycles. The highest BCUT2D eigenvalue weighted by Crippen LogP contribution is 2.29. The van der Waals surface area contributed by atoms with Gasteiger partial charge in [-0.25, -0.2) is 0 Å². The quantitative estimate of drug-likeness (QED) is 0.880. The van der Waals surface area contributed by atoms with Crippen molar-refractivity contribution in [3.8, 4) is 0 Å². The second kappa shape index (κ2) is 5.85. The predicted octanol–water partition coefficient (Wildman–Crippen LogP) is 2.98. The molecular weight excluding hydrogens is 244 g/mol. The number of nitrogens with one attached hydrogen (secondary N) is 1. The first-order valence-electron chi connectivity index (χ1n) is 6.71. The van der Waals surface area contributed by atoms with E-state index in [1.807, 2.05) is 18.4 Å². The SMILES string of the molecule is C[C@H](NC(=O)CC1(N)CCCCC1)c1cccs1. The van der Waals surface area contributed by atoms with Crippen LogP contribution in [-0.2, 0) is 4.79 Å². The van der Waals surface area contributed by atoms with Crippen molar-refractivity contribution in [2.75, 3.05) is 0 Å². The summed E-state index contributed by atoms with van der Waals surface area (Å²) in [7, 11) is 0. The summed E-state index contributed by atoms with van der Waals surface area (Å²) in [6.07, 6.45) is 5.99. The zero-order valence-electron chi connectivity index (χ0n) is 10.9. The zero-order valence-corrected chi connectivity index (χ0v) is 11.8. The van der Waals surface area contributed by atoms with E-state index in [0.29, 0.717) is 6.42 Å². The minimum atomic E-state index is -0.266. The smallest absolute Gasteiger partial charge is 0.222 e. The second-order valence-electron chi connectivity index (χ2n) is 5.40. The molecule has 0 spiro atoms. The van der Waals surface area contributed by atoms with Crippen LogP contribution < -0.4 is 11.1 Å². The topological polar surface area (TPSA) is 55.1 Å². The molecule has 0 saturated heterocycles. The summed E-state index contributed by atoms with van der Waals surface area (Å²) in [6.45, 7) is 2.02. The molecule has 18 heavy (non-hydrogen) atoms. The average molecular weight is 266 g/mol. The monoisotopic (exact) mass is 266 g/mol. The molecule has 1 fully saturated rings. The van der Waals surface area contributed by atoms with Gasteiger partial charge in [-0.1, -0.05) is 25.3 Å². The summed E-state index contributed by atoms with van der Waals surface area (Å²) in [5, 5.41) is 5.08. The van der Waals surface area contributed by atoms with Gasteiger partial charge in [-0.3, -0.25) is 4.79 Å². The molecule has 0 radical (unpaired) electrons. The van der Waals surface area contributed by atoms with E-state index in [-0.39, 0.29) is 17.5 Å². The van der Waals surface area contributed by atoms with Crippen molar-refractivity contribution in [3.63, 3.8) is 0 Å². The van der Waals surface area contributed by atoms with E-state index in [4.69, 9.17) is 5.73 Å². The lowest BCUT2D eigenvalue weighted by atomic mass is 9.80. The molecule has 1 amide bonds. The van der Waals surface area contributed by atoms with Gasteiger partial charge in [0.2, 0.25) is 5.91 Å². The van der Waals surface area contributed by atoms with Crippen LogP contribution in [0.15, 0.2) is 17.5 Å². The van der Waals surface area contributed by atoms with Crippen LogP contribution in [-0.4, -0.2) is 11.4 Å². The number of nitrogens with two attached hydrogens (primary N) is 1. The van der Waals surface area contributed by atoms with Crippen LogP contribution in [0.1, 0.15) is 56.4 Å². The molecule has 1 aromatic heterocycles. The summed E-state index contributed by atoms with van der Waals surface area (Å²) in [5.41, 5.74) is 6.03. The zero-order chi connectivity index (χ0) is 13.0. The minimum absolute atomic E-state index is 0.0836. The second-order valence-corrected chi connectivity index (χ2v) is 6.38. The van der Waals surface area contributed by atoms with Gasteiger partial charge in [0, 0.05) is 16.8 Å². The molecule has 1 saturated carbocycles. The lowest BCUT2D eigenvalue weighted by Crippen LogP contribution is -2.46. The highest BCUT2D eigenvalue weighted by molar-refractivity contribution is 7.10. The molecule has 100 valence electrons. The Hall–Kier alpha value is -0.870. The molecule has 3 nitrogen and oxygen atoms in total. The van der Waals surface area contributed by atoms with E-state index in [9.17, 15) is 4.79 Å². The van der Waals surface area contributed by atoms with Crippen molar-refractivity contribution in [2.45, 2.75) is 57.0 Å². The van der Waals surface area contributed by atoms with Crippen LogP contribution in [0.3, 0.4) is 0 Å². The van der Waals surface area contributed by atoms with Crippen LogP contribution >= 0.6 is 11.3 Å². The summed E-state index contributed by atoms with van der Waals surface area (Å²) in [4.78, 5) is 13.2. The van der Waals surface area contributed by atoms with Gasteiger partial charge < -0.3 is 11.1 Å². The number of thiophene rings is 1. The number of hydrogen-bond donors (Lipinski definition) is 2. The number of rotatable bonds is 4. The summed E-state index contributed by atoms with van der Waals surface area (Å²) < 4.78 is 0. The summed E-state index contributed by atoms with van der Waals surface area (Å²) in [6, 6.07) is 4.15. The van der Waals surface area contributed by atoms with Crippen molar-refractivity contribution < 1.29 is 4.79 Å². The van der Waals surface area contributed by atoms with Gasteiger partial charge in [-0.15, -0.1) is 11.3 Å². The molecule has 1 aliphatic carbocycles. The molecule has 1 atom stereocenters. The minimum Gasteiger partial charge on any atom is -0.349 e. The average Bonchev–Trinajstić information content (AvgIpc) is 2.82. The third kappa shape index (κ3) is 3.56. The first-order valence-corrected chi connectivity index (χ1v) is 7.59. The van der Waals surface area contributed by atoms with Gasteiger partial charge in [-0.05, 0) is 31.2 Å². The van der Waals surface area contributed by atoms with Crippen molar-refractivity contribution in [1.29, 1.82) is 0 Å². The Balaban J connectivity index is 1.84. The standard InChI is InChI=1S/C14H22N2OS/c1-11(12-6-5-9-18-12)16-13(17)10-14(15)7-3-2-4-8-14/h5-6,9,11H,2-4,7-8,10,15H2,1H3,(H,16,17)/t11-/m0/s1.